The molecule has 0 amide bonds. The van der Waals surface area contributed by atoms with E-state index in [0.717, 1.165) is 0 Å². The first-order chi connectivity index (χ1) is 7.23. The number of carboxylic acid groups (broad SMARTS) is 1. The maximum atomic E-state index is 10.3. The Kier molecular flexibility index (Phi) is 6.32. The number of ether oxygens (including phenoxy) is 1. The van der Waals surface area contributed by atoms with Crippen LogP contribution in [0.3, 0.4) is 0 Å². The van der Waals surface area contributed by atoms with Gasteiger partial charge in [0.1, 0.15) is 0 Å². The van der Waals surface area contributed by atoms with E-state index in [0.29, 0.717) is 6.42 Å². The molecule has 0 saturated heterocycles. The van der Waals surface area contributed by atoms with Crippen LogP contribution in [-0.2, 0) is 14.5 Å². The van der Waals surface area contributed by atoms with E-state index in [1.165, 1.54) is 13.8 Å². The summed E-state index contributed by atoms with van der Waals surface area (Å²) in [6, 6.07) is 0. The van der Waals surface area contributed by atoms with Gasteiger partial charge >= 0.3 is 6.16 Å². The average Bonchev–Trinajstić information content (AvgIpc) is 1.98. The second-order valence-electron chi connectivity index (χ2n) is 4.33. The van der Waals surface area contributed by atoms with Gasteiger partial charge in [0.05, 0.1) is 12.7 Å². The second-order valence-corrected chi connectivity index (χ2v) is 4.33. The number of aliphatic hydroxyl groups excluding tert-OH is 1. The van der Waals surface area contributed by atoms with Crippen LogP contribution in [0.4, 0.5) is 4.79 Å². The number of hydrogen-bond acceptors (Lipinski definition) is 5. The molecule has 2 atom stereocenters. The van der Waals surface area contributed by atoms with Crippen molar-refractivity contribution >= 4 is 6.16 Å². The molecule has 6 nitrogen and oxygen atoms in total. The van der Waals surface area contributed by atoms with Crippen molar-refractivity contribution in [1.29, 1.82) is 0 Å². The third kappa shape index (κ3) is 8.46. The number of aliphatic hydroxyl groups is 1. The summed E-state index contributed by atoms with van der Waals surface area (Å²) in [6.45, 7) is 6.70. The first kappa shape index (κ1) is 15.2. The standard InChI is InChI=1S/C10H20O6/c1-7(5-8(2)11)6-14-16-10(3,4)15-9(12)13/h7-8,11H,5-6H2,1-4H3,(H,12,13). The average molecular weight is 236 g/mol. The Morgan fingerprint density at radius 3 is 2.38 bits per heavy atom. The van der Waals surface area contributed by atoms with Gasteiger partial charge in [-0.25, -0.2) is 9.68 Å². The lowest BCUT2D eigenvalue weighted by molar-refractivity contribution is -0.410. The third-order valence-corrected chi connectivity index (χ3v) is 1.69. The van der Waals surface area contributed by atoms with Crippen LogP contribution in [0.25, 0.3) is 0 Å². The molecule has 2 N–H and O–H groups in total. The van der Waals surface area contributed by atoms with E-state index < -0.39 is 18.0 Å². The summed E-state index contributed by atoms with van der Waals surface area (Å²) in [5, 5.41) is 17.5. The highest BCUT2D eigenvalue weighted by Crippen LogP contribution is 2.14. The molecular formula is C10H20O6. The van der Waals surface area contributed by atoms with Gasteiger partial charge in [0.2, 0.25) is 5.79 Å². The van der Waals surface area contributed by atoms with Crippen LogP contribution in [0, 0.1) is 5.92 Å². The summed E-state index contributed by atoms with van der Waals surface area (Å²) >= 11 is 0. The van der Waals surface area contributed by atoms with E-state index >= 15 is 0 Å². The maximum absolute atomic E-state index is 10.3. The molecular weight excluding hydrogens is 216 g/mol. The van der Waals surface area contributed by atoms with Crippen LogP contribution in [-0.4, -0.2) is 34.9 Å². The minimum absolute atomic E-state index is 0.112. The first-order valence-corrected chi connectivity index (χ1v) is 5.13. The Morgan fingerprint density at radius 1 is 1.38 bits per heavy atom. The zero-order valence-corrected chi connectivity index (χ0v) is 10.1. The Hall–Kier alpha value is -0.850. The van der Waals surface area contributed by atoms with Gasteiger partial charge in [-0.2, -0.15) is 4.89 Å². The van der Waals surface area contributed by atoms with Gasteiger partial charge < -0.3 is 14.9 Å². The van der Waals surface area contributed by atoms with Gasteiger partial charge in [-0.3, -0.25) is 0 Å². The van der Waals surface area contributed by atoms with Crippen molar-refractivity contribution in [2.75, 3.05) is 6.61 Å². The normalized spacial score (nSPS) is 15.6. The maximum Gasteiger partial charge on any atom is 0.508 e. The van der Waals surface area contributed by atoms with Crippen LogP contribution in [0.5, 0.6) is 0 Å². The minimum Gasteiger partial charge on any atom is -0.450 e. The van der Waals surface area contributed by atoms with Gasteiger partial charge in [-0.15, -0.1) is 0 Å². The highest BCUT2D eigenvalue weighted by molar-refractivity contribution is 5.57. The summed E-state index contributed by atoms with van der Waals surface area (Å²) in [7, 11) is 0. The SMILES string of the molecule is CC(O)CC(C)COOC(C)(C)OC(=O)O. The molecule has 2 unspecified atom stereocenters. The molecule has 16 heavy (non-hydrogen) atoms. The molecule has 0 aliphatic carbocycles. The number of rotatable bonds is 7. The molecule has 0 spiro atoms. The van der Waals surface area contributed by atoms with Crippen molar-refractivity contribution in [1.82, 2.24) is 0 Å². The van der Waals surface area contributed by atoms with Crippen LogP contribution in [0.1, 0.15) is 34.1 Å². The van der Waals surface area contributed by atoms with Crippen molar-refractivity contribution in [3.8, 4) is 0 Å². The fraction of sp³-hybridized carbons (Fsp3) is 0.900. The molecule has 0 heterocycles. The van der Waals surface area contributed by atoms with Crippen molar-refractivity contribution < 1.29 is 29.5 Å². The van der Waals surface area contributed by atoms with Crippen molar-refractivity contribution in [3.05, 3.63) is 0 Å². The summed E-state index contributed by atoms with van der Waals surface area (Å²) in [5.74, 6) is -1.23. The zero-order chi connectivity index (χ0) is 12.8. The van der Waals surface area contributed by atoms with Gasteiger partial charge in [0, 0.05) is 13.8 Å². The lowest BCUT2D eigenvalue weighted by Crippen LogP contribution is -2.31. The molecule has 0 fully saturated rings. The zero-order valence-electron chi connectivity index (χ0n) is 10.1. The lowest BCUT2D eigenvalue weighted by atomic mass is 10.1. The van der Waals surface area contributed by atoms with E-state index in [1.54, 1.807) is 6.92 Å². The fourth-order valence-electron chi connectivity index (χ4n) is 1.17. The van der Waals surface area contributed by atoms with Gasteiger partial charge in [-0.1, -0.05) is 6.92 Å². The van der Waals surface area contributed by atoms with Crippen molar-refractivity contribution in [3.63, 3.8) is 0 Å². The van der Waals surface area contributed by atoms with Gasteiger partial charge in [-0.05, 0) is 19.3 Å². The molecule has 0 aliphatic heterocycles. The van der Waals surface area contributed by atoms with Gasteiger partial charge in [0.15, 0.2) is 0 Å². The number of hydrogen-bond donors (Lipinski definition) is 2. The van der Waals surface area contributed by atoms with Crippen LogP contribution >= 0.6 is 0 Å². The largest absolute Gasteiger partial charge is 0.508 e. The molecule has 0 aromatic heterocycles. The Balaban J connectivity index is 3.75. The predicted molar refractivity (Wildman–Crippen MR) is 55.7 cm³/mol. The van der Waals surface area contributed by atoms with Crippen molar-refractivity contribution in [2.24, 2.45) is 5.92 Å². The predicted octanol–water partition coefficient (Wildman–Crippen LogP) is 1.77. The molecule has 6 heteroatoms. The molecule has 0 radical (unpaired) electrons. The molecule has 0 saturated carbocycles. The highest BCUT2D eigenvalue weighted by atomic mass is 17.2. The Bertz CT molecular complexity index is 213. The highest BCUT2D eigenvalue weighted by Gasteiger charge is 2.25. The summed E-state index contributed by atoms with van der Waals surface area (Å²) in [4.78, 5) is 19.9. The minimum atomic E-state index is -1.43. The van der Waals surface area contributed by atoms with E-state index in [-0.39, 0.29) is 12.5 Å². The Labute approximate surface area is 95.0 Å². The topological polar surface area (TPSA) is 85.2 Å². The molecule has 0 aromatic rings. The second kappa shape index (κ2) is 6.67. The van der Waals surface area contributed by atoms with Gasteiger partial charge in [0.25, 0.3) is 0 Å². The summed E-state index contributed by atoms with van der Waals surface area (Å²) in [5.41, 5.74) is 0. The molecule has 0 aliphatic rings. The van der Waals surface area contributed by atoms with E-state index in [4.69, 9.17) is 20.0 Å². The van der Waals surface area contributed by atoms with Crippen LogP contribution < -0.4 is 0 Å². The fourth-order valence-corrected chi connectivity index (χ4v) is 1.17. The monoisotopic (exact) mass is 236 g/mol. The summed E-state index contributed by atoms with van der Waals surface area (Å²) < 4.78 is 4.42. The van der Waals surface area contributed by atoms with E-state index in [2.05, 4.69) is 4.74 Å². The van der Waals surface area contributed by atoms with Crippen molar-refractivity contribution in [2.45, 2.75) is 46.0 Å². The van der Waals surface area contributed by atoms with E-state index in [1.807, 2.05) is 6.92 Å². The first-order valence-electron chi connectivity index (χ1n) is 5.13. The smallest absolute Gasteiger partial charge is 0.450 e. The van der Waals surface area contributed by atoms with Crippen LogP contribution in [0.15, 0.2) is 0 Å². The molecule has 96 valence electrons. The molecule has 0 bridgehead atoms. The third-order valence-electron chi connectivity index (χ3n) is 1.69. The van der Waals surface area contributed by atoms with Crippen LogP contribution in [0.2, 0.25) is 0 Å². The quantitative estimate of drug-likeness (QED) is 0.303. The molecule has 0 aromatic carbocycles. The lowest BCUT2D eigenvalue weighted by Gasteiger charge is -2.22. The number of carbonyl (C=O) groups is 1. The van der Waals surface area contributed by atoms with E-state index in [9.17, 15) is 4.79 Å². The molecule has 0 rings (SSSR count). The Morgan fingerprint density at radius 2 is 1.94 bits per heavy atom. The summed E-state index contributed by atoms with van der Waals surface area (Å²) in [6.07, 6.45) is -1.24.